The zero-order valence-electron chi connectivity index (χ0n) is 15.5. The van der Waals surface area contributed by atoms with Gasteiger partial charge in [0.2, 0.25) is 11.8 Å². The number of rotatable bonds is 5. The molecule has 26 heavy (non-hydrogen) atoms. The van der Waals surface area contributed by atoms with Crippen LogP contribution in [0.1, 0.15) is 27.2 Å². The maximum atomic E-state index is 12.7. The summed E-state index contributed by atoms with van der Waals surface area (Å²) in [5.41, 5.74) is 1.13. The Morgan fingerprint density at radius 1 is 1.50 bits per heavy atom. The van der Waals surface area contributed by atoms with Gasteiger partial charge < -0.3 is 0 Å². The molecule has 1 heterocycles. The lowest BCUT2D eigenvalue weighted by Gasteiger charge is -2.21. The highest BCUT2D eigenvalue weighted by atomic mass is 35.5. The van der Waals surface area contributed by atoms with Crippen molar-refractivity contribution < 1.29 is 9.59 Å². The van der Waals surface area contributed by atoms with Crippen molar-refractivity contribution >= 4 is 46.6 Å². The second-order valence-electron chi connectivity index (χ2n) is 6.39. The van der Waals surface area contributed by atoms with Gasteiger partial charge in [0, 0.05) is 18.6 Å². The average molecular weight is 394 g/mol. The van der Waals surface area contributed by atoms with Gasteiger partial charge in [0.1, 0.15) is 5.69 Å². The second-order valence-corrected chi connectivity index (χ2v) is 7.66. The topological polar surface area (TPSA) is 55.2 Å². The van der Waals surface area contributed by atoms with E-state index in [0.29, 0.717) is 17.4 Å². The fourth-order valence-electron chi connectivity index (χ4n) is 2.65. The van der Waals surface area contributed by atoms with Gasteiger partial charge in [-0.05, 0) is 30.7 Å². The summed E-state index contributed by atoms with van der Waals surface area (Å²) in [6.07, 6.45) is 14.5. The van der Waals surface area contributed by atoms with Crippen LogP contribution in [0.2, 0.25) is 5.15 Å². The molecule has 140 valence electrons. The lowest BCUT2D eigenvalue weighted by atomic mass is 10.1. The van der Waals surface area contributed by atoms with Gasteiger partial charge in [-0.25, -0.2) is 9.58 Å². The molecule has 0 saturated heterocycles. The van der Waals surface area contributed by atoms with Crippen LogP contribution in [0.4, 0.5) is 5.69 Å². The molecule has 7 heteroatoms. The van der Waals surface area contributed by atoms with E-state index in [4.69, 9.17) is 11.6 Å². The number of thioether (sulfide) groups is 1. The summed E-state index contributed by atoms with van der Waals surface area (Å²) in [6, 6.07) is 0. The number of imide groups is 1. The number of allylic oxidation sites excluding steroid dienone is 6. The first-order valence-corrected chi connectivity index (χ1v) is 10.3. The van der Waals surface area contributed by atoms with Crippen LogP contribution in [-0.2, 0) is 9.59 Å². The number of halogens is 1. The van der Waals surface area contributed by atoms with Crippen molar-refractivity contribution in [1.29, 1.82) is 0 Å². The molecule has 0 saturated carbocycles. The number of amides is 2. The minimum Gasteiger partial charge on any atom is -0.274 e. The molecule has 0 radical (unpaired) electrons. The number of hydrogen-bond donors (Lipinski definition) is 0. The van der Waals surface area contributed by atoms with E-state index >= 15 is 0 Å². The van der Waals surface area contributed by atoms with Crippen molar-refractivity contribution in [3.63, 3.8) is 0 Å². The molecule has 2 amide bonds. The maximum absolute atomic E-state index is 12.7. The Balaban J connectivity index is 2.38. The monoisotopic (exact) mass is 393 g/mol. The molecule has 1 aromatic heterocycles. The van der Waals surface area contributed by atoms with Crippen LogP contribution in [0.25, 0.3) is 5.70 Å². The van der Waals surface area contributed by atoms with E-state index in [-0.39, 0.29) is 22.9 Å². The van der Waals surface area contributed by atoms with Crippen molar-refractivity contribution in [3.05, 3.63) is 41.7 Å². The minimum atomic E-state index is -0.375. The Morgan fingerprint density at radius 3 is 2.88 bits per heavy atom. The maximum Gasteiger partial charge on any atom is 0.237 e. The van der Waals surface area contributed by atoms with Crippen LogP contribution in [0.5, 0.6) is 0 Å². The zero-order valence-corrected chi connectivity index (χ0v) is 17.0. The van der Waals surface area contributed by atoms with Gasteiger partial charge in [0.25, 0.3) is 0 Å². The van der Waals surface area contributed by atoms with E-state index in [1.54, 1.807) is 29.6 Å². The van der Waals surface area contributed by atoms with E-state index in [1.807, 2.05) is 24.5 Å². The van der Waals surface area contributed by atoms with Crippen LogP contribution in [-0.4, -0.2) is 33.6 Å². The average Bonchev–Trinajstić information content (AvgIpc) is 2.92. The fraction of sp³-hybridized carbons (Fsp3) is 0.421. The van der Waals surface area contributed by atoms with Gasteiger partial charge in [-0.15, -0.1) is 0 Å². The molecular formula is C19H24ClN3O2S. The molecule has 0 aliphatic heterocycles. The van der Waals surface area contributed by atoms with Crippen molar-refractivity contribution in [3.8, 4) is 0 Å². The Morgan fingerprint density at radius 2 is 2.23 bits per heavy atom. The summed E-state index contributed by atoms with van der Waals surface area (Å²) in [5, 5.41) is 4.42. The highest BCUT2D eigenvalue weighted by Crippen LogP contribution is 2.28. The third-order valence-electron chi connectivity index (χ3n) is 4.03. The first kappa shape index (κ1) is 20.5. The summed E-state index contributed by atoms with van der Waals surface area (Å²) in [6.45, 7) is 5.31. The van der Waals surface area contributed by atoms with E-state index < -0.39 is 0 Å². The van der Waals surface area contributed by atoms with Crippen molar-refractivity contribution in [2.24, 2.45) is 11.8 Å². The molecule has 1 aromatic rings. The predicted molar refractivity (Wildman–Crippen MR) is 109 cm³/mol. The van der Waals surface area contributed by atoms with Gasteiger partial charge in [0.15, 0.2) is 5.15 Å². The minimum absolute atomic E-state index is 0.124. The molecule has 2 unspecified atom stereocenters. The molecule has 0 bridgehead atoms. The third-order valence-corrected chi connectivity index (χ3v) is 5.14. The molecule has 0 N–H and O–H groups in total. The normalized spacial score (nSPS) is 18.0. The van der Waals surface area contributed by atoms with E-state index in [0.717, 1.165) is 17.0 Å². The Labute approximate surface area is 163 Å². The van der Waals surface area contributed by atoms with Crippen molar-refractivity contribution in [2.75, 3.05) is 16.9 Å². The van der Waals surface area contributed by atoms with E-state index in [9.17, 15) is 9.59 Å². The summed E-state index contributed by atoms with van der Waals surface area (Å²) in [5.74, 6) is 0.165. The van der Waals surface area contributed by atoms with Gasteiger partial charge in [-0.1, -0.05) is 43.7 Å². The lowest BCUT2D eigenvalue weighted by Crippen LogP contribution is -2.39. The van der Waals surface area contributed by atoms with Crippen LogP contribution in [0, 0.1) is 11.8 Å². The number of anilines is 1. The van der Waals surface area contributed by atoms with Gasteiger partial charge in [-0.3, -0.25) is 9.59 Å². The molecule has 0 spiro atoms. The highest BCUT2D eigenvalue weighted by molar-refractivity contribution is 7.98. The molecule has 1 aliphatic carbocycles. The van der Waals surface area contributed by atoms with E-state index in [2.05, 4.69) is 24.2 Å². The molecule has 0 fully saturated rings. The molecule has 5 nitrogen and oxygen atoms in total. The summed E-state index contributed by atoms with van der Waals surface area (Å²) in [7, 11) is 0. The summed E-state index contributed by atoms with van der Waals surface area (Å²) >= 11 is 7.83. The highest BCUT2D eigenvalue weighted by Gasteiger charge is 2.28. The number of aromatic nitrogens is 2. The number of hydrogen-bond acceptors (Lipinski definition) is 4. The van der Waals surface area contributed by atoms with Crippen molar-refractivity contribution in [1.82, 2.24) is 9.78 Å². The first-order valence-electron chi connectivity index (χ1n) is 8.49. The SMILES string of the molecule is CSCC(C)C(=O)N(C(C)=O)c1cn(C2=CC=CC(C)CC=C2)nc1Cl. The first-order chi connectivity index (χ1) is 12.3. The van der Waals surface area contributed by atoms with Crippen LogP contribution in [0.3, 0.4) is 0 Å². The molecular weight excluding hydrogens is 370 g/mol. The molecule has 2 atom stereocenters. The number of carbonyl (C=O) groups excluding carboxylic acids is 2. The summed E-state index contributed by atoms with van der Waals surface area (Å²) < 4.78 is 1.59. The van der Waals surface area contributed by atoms with Gasteiger partial charge in [-0.2, -0.15) is 16.9 Å². The second kappa shape index (κ2) is 9.24. The quantitative estimate of drug-likeness (QED) is 0.743. The van der Waals surface area contributed by atoms with Gasteiger partial charge in [0.05, 0.1) is 11.9 Å². The Hall–Kier alpha value is -1.79. The molecule has 0 aromatic carbocycles. The fourth-order valence-corrected chi connectivity index (χ4v) is 3.50. The largest absolute Gasteiger partial charge is 0.274 e. The molecule has 2 rings (SSSR count). The van der Waals surface area contributed by atoms with Crippen LogP contribution in [0.15, 0.2) is 36.6 Å². The van der Waals surface area contributed by atoms with Crippen LogP contribution >= 0.6 is 23.4 Å². The zero-order chi connectivity index (χ0) is 19.3. The van der Waals surface area contributed by atoms with Crippen LogP contribution < -0.4 is 4.90 Å². The van der Waals surface area contributed by atoms with E-state index in [1.165, 1.54) is 6.92 Å². The number of nitrogens with zero attached hydrogens (tertiary/aromatic N) is 3. The van der Waals surface area contributed by atoms with Crippen molar-refractivity contribution in [2.45, 2.75) is 27.2 Å². The summed E-state index contributed by atoms with van der Waals surface area (Å²) in [4.78, 5) is 26.0. The Bertz CT molecular complexity index is 767. The Kier molecular flexibility index (Phi) is 7.29. The molecule has 1 aliphatic rings. The smallest absolute Gasteiger partial charge is 0.237 e. The predicted octanol–water partition coefficient (Wildman–Crippen LogP) is 4.41. The number of carbonyl (C=O) groups is 2. The third kappa shape index (κ3) is 4.89. The van der Waals surface area contributed by atoms with Gasteiger partial charge >= 0.3 is 0 Å². The standard InChI is InChI=1S/C19H24ClN3O2S/c1-13-7-5-9-16(10-6-8-13)22-11-17(18(20)21-22)23(15(3)24)19(25)14(2)12-26-4/h5-7,9-11,13-14H,8,12H2,1-4H3. The lowest BCUT2D eigenvalue weighted by molar-refractivity contribution is -0.127.